The Morgan fingerprint density at radius 1 is 1.36 bits per heavy atom. The van der Waals surface area contributed by atoms with E-state index in [4.69, 9.17) is 0 Å². The molecule has 14 heavy (non-hydrogen) atoms. The lowest BCUT2D eigenvalue weighted by atomic mass is 10.1. The Bertz CT molecular complexity index is 302. The van der Waals surface area contributed by atoms with Crippen LogP contribution in [0.5, 0.6) is 0 Å². The molecule has 0 atom stereocenters. The Kier molecular flexibility index (Phi) is 3.23. The third kappa shape index (κ3) is 2.17. The highest BCUT2D eigenvalue weighted by Gasteiger charge is 2.13. The average Bonchev–Trinajstić information content (AvgIpc) is 2.52. The second kappa shape index (κ2) is 4.45. The van der Waals surface area contributed by atoms with Gasteiger partial charge in [0.1, 0.15) is 10.4 Å². The van der Waals surface area contributed by atoms with Crippen LogP contribution in [0.15, 0.2) is 10.8 Å². The van der Waals surface area contributed by atoms with Crippen LogP contribution in [0.2, 0.25) is 0 Å². The number of rotatable bonds is 2. The van der Waals surface area contributed by atoms with Crippen molar-refractivity contribution >= 4 is 15.9 Å². The molecule has 1 aliphatic heterocycles. The van der Waals surface area contributed by atoms with E-state index in [0.717, 1.165) is 17.0 Å². The molecule has 0 N–H and O–H groups in total. The van der Waals surface area contributed by atoms with Crippen LogP contribution < -0.4 is 0 Å². The summed E-state index contributed by atoms with van der Waals surface area (Å²) in [6.07, 6.45) is 5.94. The van der Waals surface area contributed by atoms with Crippen molar-refractivity contribution in [2.75, 3.05) is 13.1 Å². The molecule has 1 aromatic rings. The summed E-state index contributed by atoms with van der Waals surface area (Å²) in [5, 5.41) is 0. The third-order valence-electron chi connectivity index (χ3n) is 2.84. The second-order valence-corrected chi connectivity index (χ2v) is 4.71. The van der Waals surface area contributed by atoms with E-state index in [0.29, 0.717) is 0 Å². The fraction of sp³-hybridized carbons (Fsp3) is 0.700. The summed E-state index contributed by atoms with van der Waals surface area (Å²) in [6.45, 7) is 3.44. The molecule has 2 rings (SSSR count). The number of imidazole rings is 1. The number of hydrogen-bond donors (Lipinski definition) is 0. The Morgan fingerprint density at radius 3 is 2.64 bits per heavy atom. The number of halogens is 1. The molecule has 2 heterocycles. The topological polar surface area (TPSA) is 21.1 Å². The van der Waals surface area contributed by atoms with Gasteiger partial charge in [0, 0.05) is 7.05 Å². The molecule has 1 saturated heterocycles. The zero-order valence-electron chi connectivity index (χ0n) is 8.54. The number of hydrogen-bond acceptors (Lipinski definition) is 2. The van der Waals surface area contributed by atoms with E-state index >= 15 is 0 Å². The van der Waals surface area contributed by atoms with E-state index in [1.54, 1.807) is 0 Å². The molecule has 0 amide bonds. The quantitative estimate of drug-likeness (QED) is 0.810. The minimum absolute atomic E-state index is 0.988. The average molecular weight is 258 g/mol. The maximum atomic E-state index is 4.38. The van der Waals surface area contributed by atoms with E-state index in [2.05, 4.69) is 37.4 Å². The normalized spacial score (nSPS) is 18.7. The molecule has 0 saturated carbocycles. The summed E-state index contributed by atoms with van der Waals surface area (Å²) in [7, 11) is 2.05. The molecule has 0 unspecified atom stereocenters. The molecule has 1 aliphatic rings. The van der Waals surface area contributed by atoms with Crippen molar-refractivity contribution in [3.05, 3.63) is 16.6 Å². The van der Waals surface area contributed by atoms with Crippen LogP contribution in [0, 0.1) is 0 Å². The van der Waals surface area contributed by atoms with Crippen molar-refractivity contribution in [2.24, 2.45) is 7.05 Å². The number of aromatic nitrogens is 2. The molecular formula is C10H16BrN3. The molecule has 78 valence electrons. The van der Waals surface area contributed by atoms with Gasteiger partial charge in [-0.3, -0.25) is 4.90 Å². The van der Waals surface area contributed by atoms with Crippen molar-refractivity contribution in [2.45, 2.75) is 25.8 Å². The summed E-state index contributed by atoms with van der Waals surface area (Å²) in [5.74, 6) is 1.15. The molecule has 0 radical (unpaired) electrons. The molecular weight excluding hydrogens is 242 g/mol. The highest BCUT2D eigenvalue weighted by Crippen LogP contribution is 2.15. The molecule has 3 nitrogen and oxygen atoms in total. The predicted octanol–water partition coefficient (Wildman–Crippen LogP) is 2.17. The van der Waals surface area contributed by atoms with Crippen LogP contribution in [0.3, 0.4) is 0 Å². The smallest absolute Gasteiger partial charge is 0.123 e. The SMILES string of the molecule is Cn1c(Br)cnc1CN1CCCCC1. The van der Waals surface area contributed by atoms with Crippen LogP contribution in [0.25, 0.3) is 0 Å². The maximum Gasteiger partial charge on any atom is 0.123 e. The minimum atomic E-state index is 0.988. The molecule has 0 aromatic carbocycles. The Morgan fingerprint density at radius 2 is 2.07 bits per heavy atom. The first-order valence-electron chi connectivity index (χ1n) is 5.16. The van der Waals surface area contributed by atoms with Crippen molar-refractivity contribution in [3.63, 3.8) is 0 Å². The van der Waals surface area contributed by atoms with Crippen LogP contribution in [0.1, 0.15) is 25.1 Å². The Labute approximate surface area is 93.2 Å². The van der Waals surface area contributed by atoms with Gasteiger partial charge in [0.15, 0.2) is 0 Å². The van der Waals surface area contributed by atoms with Gasteiger partial charge >= 0.3 is 0 Å². The van der Waals surface area contributed by atoms with E-state index < -0.39 is 0 Å². The summed E-state index contributed by atoms with van der Waals surface area (Å²) in [5.41, 5.74) is 0. The lowest BCUT2D eigenvalue weighted by Gasteiger charge is -2.25. The molecule has 4 heteroatoms. The standard InChI is InChI=1S/C10H16BrN3/c1-13-9(11)7-12-10(13)8-14-5-3-2-4-6-14/h7H,2-6,8H2,1H3. The molecule has 0 bridgehead atoms. The van der Waals surface area contributed by atoms with E-state index in [1.807, 2.05) is 6.20 Å². The summed E-state index contributed by atoms with van der Waals surface area (Å²) in [4.78, 5) is 6.87. The van der Waals surface area contributed by atoms with Gasteiger partial charge in [-0.25, -0.2) is 4.98 Å². The molecule has 0 aliphatic carbocycles. The van der Waals surface area contributed by atoms with Crippen molar-refractivity contribution in [1.29, 1.82) is 0 Å². The van der Waals surface area contributed by atoms with Gasteiger partial charge < -0.3 is 4.57 Å². The number of nitrogens with zero attached hydrogens (tertiary/aromatic N) is 3. The minimum Gasteiger partial charge on any atom is -0.325 e. The van der Waals surface area contributed by atoms with Gasteiger partial charge in [-0.1, -0.05) is 6.42 Å². The number of piperidine rings is 1. The first-order valence-corrected chi connectivity index (χ1v) is 5.95. The van der Waals surface area contributed by atoms with Gasteiger partial charge in [0.25, 0.3) is 0 Å². The van der Waals surface area contributed by atoms with Crippen LogP contribution in [0.4, 0.5) is 0 Å². The molecule has 0 spiro atoms. The largest absolute Gasteiger partial charge is 0.325 e. The van der Waals surface area contributed by atoms with E-state index in [9.17, 15) is 0 Å². The first kappa shape index (κ1) is 10.2. The van der Waals surface area contributed by atoms with Gasteiger partial charge in [0.05, 0.1) is 12.7 Å². The first-order chi connectivity index (χ1) is 6.77. The summed E-state index contributed by atoms with van der Waals surface area (Å²) < 4.78 is 3.17. The zero-order chi connectivity index (χ0) is 9.97. The monoisotopic (exact) mass is 257 g/mol. The summed E-state index contributed by atoms with van der Waals surface area (Å²) >= 11 is 3.46. The predicted molar refractivity (Wildman–Crippen MR) is 60.0 cm³/mol. The Balaban J connectivity index is 1.99. The Hall–Kier alpha value is -0.350. The summed E-state index contributed by atoms with van der Waals surface area (Å²) in [6, 6.07) is 0. The fourth-order valence-corrected chi connectivity index (χ4v) is 2.20. The zero-order valence-corrected chi connectivity index (χ0v) is 10.1. The molecule has 1 fully saturated rings. The van der Waals surface area contributed by atoms with Crippen molar-refractivity contribution in [3.8, 4) is 0 Å². The van der Waals surface area contributed by atoms with Gasteiger partial charge in [0.2, 0.25) is 0 Å². The van der Waals surface area contributed by atoms with Crippen LogP contribution in [-0.2, 0) is 13.6 Å². The van der Waals surface area contributed by atoms with Gasteiger partial charge in [-0.2, -0.15) is 0 Å². The number of likely N-dealkylation sites (tertiary alicyclic amines) is 1. The van der Waals surface area contributed by atoms with Gasteiger partial charge in [-0.15, -0.1) is 0 Å². The molecule has 1 aromatic heterocycles. The highest BCUT2D eigenvalue weighted by molar-refractivity contribution is 9.10. The lowest BCUT2D eigenvalue weighted by Crippen LogP contribution is -2.30. The fourth-order valence-electron chi connectivity index (χ4n) is 1.89. The maximum absolute atomic E-state index is 4.38. The second-order valence-electron chi connectivity index (χ2n) is 3.89. The van der Waals surface area contributed by atoms with Crippen molar-refractivity contribution in [1.82, 2.24) is 14.5 Å². The lowest BCUT2D eigenvalue weighted by molar-refractivity contribution is 0.214. The van der Waals surface area contributed by atoms with Crippen LogP contribution in [-0.4, -0.2) is 27.5 Å². The van der Waals surface area contributed by atoms with E-state index in [-0.39, 0.29) is 0 Å². The van der Waals surface area contributed by atoms with E-state index in [1.165, 1.54) is 32.4 Å². The van der Waals surface area contributed by atoms with Crippen molar-refractivity contribution < 1.29 is 0 Å². The van der Waals surface area contributed by atoms with Gasteiger partial charge in [-0.05, 0) is 41.9 Å². The van der Waals surface area contributed by atoms with Crippen LogP contribution >= 0.6 is 15.9 Å². The highest BCUT2D eigenvalue weighted by atomic mass is 79.9. The third-order valence-corrected chi connectivity index (χ3v) is 3.58.